The van der Waals surface area contributed by atoms with Gasteiger partial charge in [0, 0.05) is 25.7 Å². The molecule has 0 spiro atoms. The molecular formula is C20H29N3O2. The molecule has 1 saturated heterocycles. The molecule has 136 valence electrons. The van der Waals surface area contributed by atoms with Gasteiger partial charge in [-0.15, -0.1) is 0 Å². The zero-order chi connectivity index (χ0) is 18.0. The number of carbonyl (C=O) groups is 2. The summed E-state index contributed by atoms with van der Waals surface area (Å²) in [7, 11) is 0. The number of amides is 2. The van der Waals surface area contributed by atoms with Crippen molar-refractivity contribution in [3.05, 3.63) is 35.4 Å². The second kappa shape index (κ2) is 7.16. The lowest BCUT2D eigenvalue weighted by Gasteiger charge is -2.38. The van der Waals surface area contributed by atoms with Crippen LogP contribution in [0.5, 0.6) is 0 Å². The smallest absolute Gasteiger partial charge is 0.237 e. The average Bonchev–Trinajstić information content (AvgIpc) is 2.91. The summed E-state index contributed by atoms with van der Waals surface area (Å²) in [5.74, 6) is -0.0564. The van der Waals surface area contributed by atoms with Crippen molar-refractivity contribution in [2.75, 3.05) is 19.6 Å². The van der Waals surface area contributed by atoms with Crippen LogP contribution >= 0.6 is 0 Å². The Morgan fingerprint density at radius 3 is 2.48 bits per heavy atom. The van der Waals surface area contributed by atoms with Gasteiger partial charge >= 0.3 is 0 Å². The topological polar surface area (TPSA) is 61.4 Å². The molecule has 0 saturated carbocycles. The highest BCUT2D eigenvalue weighted by Gasteiger charge is 2.34. The normalized spacial score (nSPS) is 21.7. The highest BCUT2D eigenvalue weighted by Crippen LogP contribution is 2.23. The molecule has 2 N–H and O–H groups in total. The van der Waals surface area contributed by atoms with Crippen molar-refractivity contribution in [3.63, 3.8) is 0 Å². The molecular weight excluding hydrogens is 314 g/mol. The number of rotatable bonds is 4. The monoisotopic (exact) mass is 343 g/mol. The van der Waals surface area contributed by atoms with E-state index in [0.717, 1.165) is 25.9 Å². The van der Waals surface area contributed by atoms with Crippen LogP contribution < -0.4 is 10.6 Å². The molecule has 0 radical (unpaired) electrons. The Hall–Kier alpha value is -1.88. The number of fused-ring (bicyclic) bond motifs is 1. The first-order chi connectivity index (χ1) is 11.8. The fourth-order valence-corrected chi connectivity index (χ4v) is 3.91. The van der Waals surface area contributed by atoms with E-state index in [1.807, 2.05) is 12.1 Å². The number of nitrogens with zero attached hydrogens (tertiary/aromatic N) is 1. The zero-order valence-electron chi connectivity index (χ0n) is 15.5. The molecule has 0 aromatic heterocycles. The van der Waals surface area contributed by atoms with E-state index in [0.29, 0.717) is 6.54 Å². The van der Waals surface area contributed by atoms with Gasteiger partial charge in [0.05, 0.1) is 12.5 Å². The molecule has 25 heavy (non-hydrogen) atoms. The summed E-state index contributed by atoms with van der Waals surface area (Å²) in [6.45, 7) is 8.75. The van der Waals surface area contributed by atoms with Crippen LogP contribution in [0.3, 0.4) is 0 Å². The Labute approximate surface area is 150 Å². The Morgan fingerprint density at radius 2 is 1.88 bits per heavy atom. The van der Waals surface area contributed by atoms with E-state index >= 15 is 0 Å². The van der Waals surface area contributed by atoms with Crippen LogP contribution in [-0.2, 0) is 22.4 Å². The van der Waals surface area contributed by atoms with Crippen LogP contribution in [0, 0.1) is 5.41 Å². The van der Waals surface area contributed by atoms with Gasteiger partial charge in [0.2, 0.25) is 11.8 Å². The summed E-state index contributed by atoms with van der Waals surface area (Å²) in [6.07, 6.45) is 1.99. The molecule has 1 aromatic carbocycles. The van der Waals surface area contributed by atoms with Crippen LogP contribution in [0.4, 0.5) is 0 Å². The molecule has 1 atom stereocenters. The fourth-order valence-electron chi connectivity index (χ4n) is 3.91. The number of hydrogen-bond acceptors (Lipinski definition) is 3. The molecule has 3 rings (SSSR count). The average molecular weight is 343 g/mol. The second-order valence-electron chi connectivity index (χ2n) is 8.48. The molecule has 1 heterocycles. The van der Waals surface area contributed by atoms with Crippen molar-refractivity contribution in [2.45, 2.75) is 52.1 Å². The number of piperazine rings is 1. The van der Waals surface area contributed by atoms with E-state index < -0.39 is 0 Å². The fraction of sp³-hybridized carbons (Fsp3) is 0.600. The van der Waals surface area contributed by atoms with Gasteiger partial charge in [-0.2, -0.15) is 0 Å². The summed E-state index contributed by atoms with van der Waals surface area (Å²) in [6, 6.07) is 8.12. The summed E-state index contributed by atoms with van der Waals surface area (Å²) in [4.78, 5) is 27.0. The van der Waals surface area contributed by atoms with Gasteiger partial charge in [-0.1, -0.05) is 45.0 Å². The van der Waals surface area contributed by atoms with Gasteiger partial charge in [0.25, 0.3) is 0 Å². The summed E-state index contributed by atoms with van der Waals surface area (Å²) >= 11 is 0. The van der Waals surface area contributed by atoms with Crippen molar-refractivity contribution in [2.24, 2.45) is 5.41 Å². The second-order valence-corrected chi connectivity index (χ2v) is 8.48. The molecule has 1 aliphatic carbocycles. The maximum absolute atomic E-state index is 12.6. The maximum atomic E-state index is 12.6. The Bertz CT molecular complexity index is 626. The van der Waals surface area contributed by atoms with Gasteiger partial charge in [0.15, 0.2) is 0 Å². The summed E-state index contributed by atoms with van der Waals surface area (Å²) < 4.78 is 0. The molecule has 0 unspecified atom stereocenters. The van der Waals surface area contributed by atoms with E-state index in [2.05, 4.69) is 48.4 Å². The largest absolute Gasteiger partial charge is 0.353 e. The maximum Gasteiger partial charge on any atom is 0.237 e. The van der Waals surface area contributed by atoms with E-state index in [9.17, 15) is 9.59 Å². The minimum Gasteiger partial charge on any atom is -0.353 e. The van der Waals surface area contributed by atoms with Crippen LogP contribution in [0.2, 0.25) is 0 Å². The number of benzene rings is 1. The third-order valence-electron chi connectivity index (χ3n) is 4.91. The predicted molar refractivity (Wildman–Crippen MR) is 98.2 cm³/mol. The highest BCUT2D eigenvalue weighted by atomic mass is 16.2. The zero-order valence-corrected chi connectivity index (χ0v) is 15.5. The van der Waals surface area contributed by atoms with Gasteiger partial charge < -0.3 is 10.6 Å². The van der Waals surface area contributed by atoms with E-state index in [1.54, 1.807) is 0 Å². The molecule has 1 aromatic rings. The molecule has 5 heteroatoms. The summed E-state index contributed by atoms with van der Waals surface area (Å²) in [5.41, 5.74) is 2.73. The molecule has 1 fully saturated rings. The van der Waals surface area contributed by atoms with Crippen molar-refractivity contribution in [1.29, 1.82) is 0 Å². The molecule has 2 amide bonds. The van der Waals surface area contributed by atoms with E-state index in [-0.39, 0.29) is 35.7 Å². The Kier molecular flexibility index (Phi) is 5.13. The third-order valence-corrected chi connectivity index (χ3v) is 4.91. The van der Waals surface area contributed by atoms with Crippen molar-refractivity contribution in [3.8, 4) is 0 Å². The van der Waals surface area contributed by atoms with E-state index in [1.165, 1.54) is 11.1 Å². The molecule has 5 nitrogen and oxygen atoms in total. The van der Waals surface area contributed by atoms with Crippen LogP contribution in [0.1, 0.15) is 38.3 Å². The van der Waals surface area contributed by atoms with Crippen LogP contribution in [0.15, 0.2) is 24.3 Å². The number of nitrogens with one attached hydrogen (secondary N) is 2. The minimum absolute atomic E-state index is 0.0274. The van der Waals surface area contributed by atoms with Crippen molar-refractivity contribution < 1.29 is 9.59 Å². The van der Waals surface area contributed by atoms with Gasteiger partial charge in [-0.25, -0.2) is 0 Å². The van der Waals surface area contributed by atoms with Crippen molar-refractivity contribution >= 4 is 11.8 Å². The lowest BCUT2D eigenvalue weighted by atomic mass is 9.94. The number of carbonyl (C=O) groups excluding carboxylic acids is 2. The summed E-state index contributed by atoms with van der Waals surface area (Å²) in [5, 5.41) is 6.03. The molecule has 2 aliphatic rings. The molecule has 0 bridgehead atoms. The van der Waals surface area contributed by atoms with Gasteiger partial charge in [-0.3, -0.25) is 14.5 Å². The molecule has 1 aliphatic heterocycles. The number of hydrogen-bond donors (Lipinski definition) is 2. The first-order valence-electron chi connectivity index (χ1n) is 9.20. The van der Waals surface area contributed by atoms with Gasteiger partial charge in [-0.05, 0) is 29.4 Å². The first-order valence-corrected chi connectivity index (χ1v) is 9.20. The predicted octanol–water partition coefficient (Wildman–Crippen LogP) is 1.51. The highest BCUT2D eigenvalue weighted by molar-refractivity contribution is 5.89. The SMILES string of the molecule is CC(C)(C)CN1CCNC(=O)[C@H]1CC(=O)NC1Cc2ccccc2C1. The van der Waals surface area contributed by atoms with Crippen molar-refractivity contribution in [1.82, 2.24) is 15.5 Å². The Morgan fingerprint density at radius 1 is 1.24 bits per heavy atom. The quantitative estimate of drug-likeness (QED) is 0.871. The minimum atomic E-state index is -0.364. The first kappa shape index (κ1) is 17.9. The van der Waals surface area contributed by atoms with Crippen LogP contribution in [-0.4, -0.2) is 48.4 Å². The lowest BCUT2D eigenvalue weighted by Crippen LogP contribution is -2.58. The van der Waals surface area contributed by atoms with Crippen LogP contribution in [0.25, 0.3) is 0 Å². The third kappa shape index (κ3) is 4.60. The van der Waals surface area contributed by atoms with E-state index in [4.69, 9.17) is 0 Å². The Balaban J connectivity index is 1.58. The van der Waals surface area contributed by atoms with Gasteiger partial charge in [0.1, 0.15) is 0 Å². The lowest BCUT2D eigenvalue weighted by molar-refractivity contribution is -0.134. The standard InChI is InChI=1S/C20H29N3O2/c1-20(2,3)13-23-9-8-21-19(25)17(23)12-18(24)22-16-10-14-6-4-5-7-15(14)11-16/h4-7,16-17H,8-13H2,1-3H3,(H,21,25)(H,22,24)/t17-/m1/s1.